The number of hydrogen-bond acceptors (Lipinski definition) is 4. The van der Waals surface area contributed by atoms with Crippen molar-refractivity contribution in [3.63, 3.8) is 0 Å². The molecule has 22 heavy (non-hydrogen) atoms. The summed E-state index contributed by atoms with van der Waals surface area (Å²) in [5.41, 5.74) is -0.0582. The van der Waals surface area contributed by atoms with E-state index in [1.165, 1.54) is 0 Å². The summed E-state index contributed by atoms with van der Waals surface area (Å²) >= 11 is 3.45. The summed E-state index contributed by atoms with van der Waals surface area (Å²) in [7, 11) is 1.60. The molecule has 122 valence electrons. The van der Waals surface area contributed by atoms with Crippen LogP contribution in [0.4, 0.5) is 5.69 Å². The molecule has 2 N–H and O–H groups in total. The highest BCUT2D eigenvalue weighted by Gasteiger charge is 2.39. The van der Waals surface area contributed by atoms with Crippen LogP contribution in [0.2, 0.25) is 0 Å². The molecule has 0 aromatic heterocycles. The van der Waals surface area contributed by atoms with Gasteiger partial charge in [0.1, 0.15) is 11.4 Å². The Hall–Kier alpha value is -1.11. The third-order valence-corrected chi connectivity index (χ3v) is 4.17. The highest BCUT2D eigenvalue weighted by molar-refractivity contribution is 9.10. The van der Waals surface area contributed by atoms with Crippen LogP contribution >= 0.6 is 15.9 Å². The molecule has 1 aromatic rings. The third-order valence-electron chi connectivity index (χ3n) is 3.72. The second-order valence-electron chi connectivity index (χ2n) is 5.74. The second-order valence-corrected chi connectivity index (χ2v) is 6.66. The maximum absolute atomic E-state index is 12.6. The summed E-state index contributed by atoms with van der Waals surface area (Å²) in [6, 6.07) is 5.56. The Kier molecular flexibility index (Phi) is 5.83. The number of halogens is 1. The van der Waals surface area contributed by atoms with Gasteiger partial charge in [0.15, 0.2) is 0 Å². The van der Waals surface area contributed by atoms with E-state index < -0.39 is 5.60 Å². The molecule has 0 saturated carbocycles. The lowest BCUT2D eigenvalue weighted by Gasteiger charge is -2.34. The Morgan fingerprint density at radius 2 is 2.00 bits per heavy atom. The Morgan fingerprint density at radius 1 is 1.32 bits per heavy atom. The molecule has 1 heterocycles. The van der Waals surface area contributed by atoms with Crippen molar-refractivity contribution in [2.24, 2.45) is 0 Å². The van der Waals surface area contributed by atoms with Gasteiger partial charge in [-0.05, 0) is 51.9 Å². The van der Waals surface area contributed by atoms with E-state index in [-0.39, 0.29) is 12.0 Å². The predicted molar refractivity (Wildman–Crippen MR) is 90.4 cm³/mol. The number of benzene rings is 1. The van der Waals surface area contributed by atoms with E-state index in [2.05, 4.69) is 26.6 Å². The van der Waals surface area contributed by atoms with Crippen LogP contribution in [0, 0.1) is 0 Å². The van der Waals surface area contributed by atoms with Gasteiger partial charge in [-0.3, -0.25) is 4.79 Å². The van der Waals surface area contributed by atoms with Crippen LogP contribution in [0.1, 0.15) is 26.7 Å². The quantitative estimate of drug-likeness (QED) is 0.836. The number of amides is 1. The molecule has 0 spiro atoms. The highest BCUT2D eigenvalue weighted by atomic mass is 79.9. The molecule has 5 nitrogen and oxygen atoms in total. The zero-order valence-corrected chi connectivity index (χ0v) is 14.8. The lowest BCUT2D eigenvalue weighted by molar-refractivity contribution is -0.140. The van der Waals surface area contributed by atoms with Crippen LogP contribution in [-0.4, -0.2) is 37.8 Å². The van der Waals surface area contributed by atoms with Crippen LogP contribution < -0.4 is 15.4 Å². The van der Waals surface area contributed by atoms with Gasteiger partial charge in [-0.1, -0.05) is 15.9 Å². The zero-order chi connectivity index (χ0) is 16.2. The van der Waals surface area contributed by atoms with Gasteiger partial charge in [0.2, 0.25) is 0 Å². The number of carbonyl (C=O) groups excluding carboxylic acids is 1. The second kappa shape index (κ2) is 7.44. The van der Waals surface area contributed by atoms with Crippen molar-refractivity contribution < 1.29 is 14.3 Å². The first-order chi connectivity index (χ1) is 10.4. The fourth-order valence-corrected chi connectivity index (χ4v) is 3.05. The molecule has 0 unspecified atom stereocenters. The largest absolute Gasteiger partial charge is 0.491 e. The Bertz CT molecular complexity index is 528. The summed E-state index contributed by atoms with van der Waals surface area (Å²) in [6.45, 7) is 5.49. The molecule has 6 heteroatoms. The third kappa shape index (κ3) is 4.21. The van der Waals surface area contributed by atoms with Crippen molar-refractivity contribution >= 4 is 27.5 Å². The molecular formula is C16H23BrN2O3. The van der Waals surface area contributed by atoms with Crippen LogP contribution in [0.25, 0.3) is 0 Å². The summed E-state index contributed by atoms with van der Waals surface area (Å²) in [5.74, 6) is 0.613. The monoisotopic (exact) mass is 370 g/mol. The van der Waals surface area contributed by atoms with E-state index in [0.717, 1.165) is 23.3 Å². The standard InChI is InChI=1S/C16H23BrN2O3/c1-11(2)22-14-9-12(17)8-13(10-14)19-15(20)16(21-3)4-6-18-7-5-16/h8-11,18H,4-7H2,1-3H3,(H,19,20). The first kappa shape index (κ1) is 17.2. The average Bonchev–Trinajstić information content (AvgIpc) is 2.46. The number of piperidine rings is 1. The molecule has 0 aliphatic carbocycles. The molecule has 0 bridgehead atoms. The van der Waals surface area contributed by atoms with Gasteiger partial charge in [0, 0.05) is 23.3 Å². The van der Waals surface area contributed by atoms with Gasteiger partial charge < -0.3 is 20.1 Å². The average molecular weight is 371 g/mol. The number of carbonyl (C=O) groups is 1. The number of ether oxygens (including phenoxy) is 2. The minimum absolute atomic E-state index is 0.0765. The number of rotatable bonds is 5. The molecule has 1 amide bonds. The summed E-state index contributed by atoms with van der Waals surface area (Å²) in [5, 5.41) is 6.20. The van der Waals surface area contributed by atoms with Crippen molar-refractivity contribution in [3.05, 3.63) is 22.7 Å². The van der Waals surface area contributed by atoms with Gasteiger partial charge >= 0.3 is 0 Å². The predicted octanol–water partition coefficient (Wildman–Crippen LogP) is 2.94. The van der Waals surface area contributed by atoms with Crippen molar-refractivity contribution in [2.75, 3.05) is 25.5 Å². The van der Waals surface area contributed by atoms with E-state index in [9.17, 15) is 4.79 Å². The van der Waals surface area contributed by atoms with Gasteiger partial charge in [-0.25, -0.2) is 0 Å². The SMILES string of the molecule is COC1(C(=O)Nc2cc(Br)cc(OC(C)C)c2)CCNCC1. The number of anilines is 1. The molecular weight excluding hydrogens is 348 g/mol. The van der Waals surface area contributed by atoms with E-state index >= 15 is 0 Å². The lowest BCUT2D eigenvalue weighted by Crippen LogP contribution is -2.51. The Balaban J connectivity index is 2.15. The topological polar surface area (TPSA) is 59.6 Å². The van der Waals surface area contributed by atoms with E-state index in [1.807, 2.05) is 32.0 Å². The first-order valence-corrected chi connectivity index (χ1v) is 8.29. The fraction of sp³-hybridized carbons (Fsp3) is 0.562. The number of methoxy groups -OCH3 is 1. The summed E-state index contributed by atoms with van der Waals surface area (Å²) in [4.78, 5) is 12.6. The molecule has 1 aliphatic heterocycles. The molecule has 1 fully saturated rings. The first-order valence-electron chi connectivity index (χ1n) is 7.50. The smallest absolute Gasteiger partial charge is 0.256 e. The maximum Gasteiger partial charge on any atom is 0.256 e. The van der Waals surface area contributed by atoms with Gasteiger partial charge in [-0.2, -0.15) is 0 Å². The van der Waals surface area contributed by atoms with Gasteiger partial charge in [0.05, 0.1) is 6.10 Å². The lowest BCUT2D eigenvalue weighted by atomic mass is 9.91. The minimum atomic E-state index is -0.757. The van der Waals surface area contributed by atoms with E-state index in [1.54, 1.807) is 7.11 Å². The summed E-state index contributed by atoms with van der Waals surface area (Å²) < 4.78 is 12.1. The fourth-order valence-electron chi connectivity index (χ4n) is 2.57. The Labute approximate surface area is 139 Å². The van der Waals surface area contributed by atoms with Crippen LogP contribution in [0.15, 0.2) is 22.7 Å². The summed E-state index contributed by atoms with van der Waals surface area (Å²) in [6.07, 6.45) is 1.41. The van der Waals surface area contributed by atoms with Crippen molar-refractivity contribution in [2.45, 2.75) is 38.4 Å². The van der Waals surface area contributed by atoms with Crippen LogP contribution in [0.3, 0.4) is 0 Å². The van der Waals surface area contributed by atoms with Crippen molar-refractivity contribution in [1.82, 2.24) is 5.32 Å². The van der Waals surface area contributed by atoms with E-state index in [4.69, 9.17) is 9.47 Å². The maximum atomic E-state index is 12.6. The molecule has 1 aliphatic rings. The van der Waals surface area contributed by atoms with Crippen molar-refractivity contribution in [3.8, 4) is 5.75 Å². The van der Waals surface area contributed by atoms with Gasteiger partial charge in [-0.15, -0.1) is 0 Å². The molecule has 1 aromatic carbocycles. The minimum Gasteiger partial charge on any atom is -0.491 e. The van der Waals surface area contributed by atoms with Crippen LogP contribution in [-0.2, 0) is 9.53 Å². The Morgan fingerprint density at radius 3 is 2.59 bits per heavy atom. The molecule has 2 rings (SSSR count). The zero-order valence-electron chi connectivity index (χ0n) is 13.2. The molecule has 1 saturated heterocycles. The normalized spacial score (nSPS) is 17.3. The van der Waals surface area contributed by atoms with E-state index in [0.29, 0.717) is 18.5 Å². The number of nitrogens with one attached hydrogen (secondary N) is 2. The molecule has 0 atom stereocenters. The van der Waals surface area contributed by atoms with Crippen LogP contribution in [0.5, 0.6) is 5.75 Å². The number of hydrogen-bond donors (Lipinski definition) is 2. The highest BCUT2D eigenvalue weighted by Crippen LogP contribution is 2.28. The molecule has 0 radical (unpaired) electrons. The van der Waals surface area contributed by atoms with Crippen molar-refractivity contribution in [1.29, 1.82) is 0 Å². The van der Waals surface area contributed by atoms with Gasteiger partial charge in [0.25, 0.3) is 5.91 Å².